The van der Waals surface area contributed by atoms with Crippen LogP contribution in [0.25, 0.3) is 0 Å². The molecule has 0 amide bonds. The molecule has 0 aliphatic carbocycles. The molecule has 1 aromatic rings. The molecule has 0 spiro atoms. The monoisotopic (exact) mass is 207 g/mol. The van der Waals surface area contributed by atoms with Crippen molar-refractivity contribution in [1.82, 2.24) is 0 Å². The van der Waals surface area contributed by atoms with Gasteiger partial charge in [-0.1, -0.05) is 19.1 Å². The second-order valence-corrected chi connectivity index (χ2v) is 3.83. The molecular formula is C12H17NO2. The predicted octanol–water partition coefficient (Wildman–Crippen LogP) is 1.97. The predicted molar refractivity (Wildman–Crippen MR) is 61.5 cm³/mol. The van der Waals surface area contributed by atoms with E-state index >= 15 is 0 Å². The number of hydrogen-bond acceptors (Lipinski definition) is 3. The highest BCUT2D eigenvalue weighted by Gasteiger charge is 2.18. The lowest BCUT2D eigenvalue weighted by Gasteiger charge is -2.19. The molecule has 3 heteroatoms. The average molecular weight is 207 g/mol. The van der Waals surface area contributed by atoms with Crippen molar-refractivity contribution in [3.05, 3.63) is 29.8 Å². The highest BCUT2D eigenvalue weighted by Crippen LogP contribution is 2.17. The number of aliphatic imine (C=N–C) groups is 1. The third-order valence-electron chi connectivity index (χ3n) is 2.55. The van der Waals surface area contributed by atoms with E-state index in [9.17, 15) is 5.11 Å². The van der Waals surface area contributed by atoms with Crippen LogP contribution in [0.2, 0.25) is 0 Å². The van der Waals surface area contributed by atoms with Crippen molar-refractivity contribution in [2.75, 3.05) is 6.61 Å². The number of phenolic OH excluding ortho intramolecular Hbond substituents is 1. The van der Waals surface area contributed by atoms with Crippen LogP contribution >= 0.6 is 0 Å². The summed E-state index contributed by atoms with van der Waals surface area (Å²) in [5.74, 6) is 0.206. The molecular weight excluding hydrogens is 190 g/mol. The lowest BCUT2D eigenvalue weighted by Crippen LogP contribution is -2.25. The van der Waals surface area contributed by atoms with Crippen LogP contribution in [-0.2, 0) is 0 Å². The van der Waals surface area contributed by atoms with Crippen molar-refractivity contribution in [2.24, 2.45) is 4.99 Å². The number of phenols is 1. The number of rotatable bonds is 4. The summed E-state index contributed by atoms with van der Waals surface area (Å²) in [4.78, 5) is 4.29. The highest BCUT2D eigenvalue weighted by molar-refractivity contribution is 5.83. The topological polar surface area (TPSA) is 52.8 Å². The minimum absolute atomic E-state index is 0.00754. The Kier molecular flexibility index (Phi) is 3.86. The van der Waals surface area contributed by atoms with Gasteiger partial charge in [0.25, 0.3) is 0 Å². The molecule has 0 fully saturated rings. The Morgan fingerprint density at radius 1 is 1.40 bits per heavy atom. The lowest BCUT2D eigenvalue weighted by atomic mass is 10.0. The number of nitrogens with zero attached hydrogens (tertiary/aromatic N) is 1. The fraction of sp³-hybridized carbons (Fsp3) is 0.417. The molecule has 2 N–H and O–H groups in total. The first-order chi connectivity index (χ1) is 7.11. The third kappa shape index (κ3) is 3.06. The first kappa shape index (κ1) is 11.7. The van der Waals surface area contributed by atoms with E-state index < -0.39 is 5.54 Å². The van der Waals surface area contributed by atoms with Crippen LogP contribution in [0.1, 0.15) is 25.8 Å². The van der Waals surface area contributed by atoms with Gasteiger partial charge in [-0.3, -0.25) is 4.99 Å². The number of hydrogen-bond donors (Lipinski definition) is 2. The van der Waals surface area contributed by atoms with E-state index in [2.05, 4.69) is 4.99 Å². The van der Waals surface area contributed by atoms with Gasteiger partial charge >= 0.3 is 0 Å². The molecule has 0 saturated heterocycles. The van der Waals surface area contributed by atoms with Crippen molar-refractivity contribution in [2.45, 2.75) is 25.8 Å². The van der Waals surface area contributed by atoms with Crippen molar-refractivity contribution >= 4 is 6.21 Å². The molecule has 0 bridgehead atoms. The summed E-state index contributed by atoms with van der Waals surface area (Å²) < 4.78 is 0. The number of aromatic hydroxyl groups is 1. The van der Waals surface area contributed by atoms with Gasteiger partial charge in [0.2, 0.25) is 0 Å². The smallest absolute Gasteiger partial charge is 0.124 e. The van der Waals surface area contributed by atoms with Gasteiger partial charge in [0, 0.05) is 11.8 Å². The van der Waals surface area contributed by atoms with Crippen molar-refractivity contribution < 1.29 is 10.2 Å². The van der Waals surface area contributed by atoms with Gasteiger partial charge in [-0.2, -0.15) is 0 Å². The van der Waals surface area contributed by atoms with Crippen LogP contribution in [-0.4, -0.2) is 28.6 Å². The van der Waals surface area contributed by atoms with Crippen LogP contribution in [0, 0.1) is 0 Å². The van der Waals surface area contributed by atoms with E-state index in [1.54, 1.807) is 24.4 Å². The molecule has 1 aromatic carbocycles. The van der Waals surface area contributed by atoms with Crippen molar-refractivity contribution in [1.29, 1.82) is 0 Å². The van der Waals surface area contributed by atoms with Crippen LogP contribution in [0.15, 0.2) is 29.3 Å². The summed E-state index contributed by atoms with van der Waals surface area (Å²) in [5, 5.41) is 18.7. The maximum Gasteiger partial charge on any atom is 0.124 e. The van der Waals surface area contributed by atoms with Crippen LogP contribution in [0.5, 0.6) is 5.75 Å². The molecule has 0 radical (unpaired) electrons. The molecule has 0 aliphatic heterocycles. The zero-order chi connectivity index (χ0) is 11.3. The first-order valence-corrected chi connectivity index (χ1v) is 5.05. The Bertz CT molecular complexity index is 343. The number of aliphatic hydroxyl groups excluding tert-OH is 1. The Morgan fingerprint density at radius 2 is 2.07 bits per heavy atom. The summed E-state index contributed by atoms with van der Waals surface area (Å²) in [5.41, 5.74) is 0.216. The minimum atomic E-state index is -0.456. The summed E-state index contributed by atoms with van der Waals surface area (Å²) >= 11 is 0. The summed E-state index contributed by atoms with van der Waals surface area (Å²) in [6.07, 6.45) is 2.36. The lowest BCUT2D eigenvalue weighted by molar-refractivity contribution is 0.207. The standard InChI is InChI=1S/C12H17NO2/c1-3-12(2,9-14)13-8-10-6-4-5-7-11(10)15/h4-8,14-15H,3,9H2,1-2H3. The van der Waals surface area contributed by atoms with E-state index in [1.165, 1.54) is 0 Å². The normalized spacial score (nSPS) is 15.4. The minimum Gasteiger partial charge on any atom is -0.507 e. The summed E-state index contributed by atoms with van der Waals surface area (Å²) in [7, 11) is 0. The maximum absolute atomic E-state index is 9.50. The third-order valence-corrected chi connectivity index (χ3v) is 2.55. The van der Waals surface area contributed by atoms with Crippen LogP contribution < -0.4 is 0 Å². The molecule has 0 saturated carbocycles. The quantitative estimate of drug-likeness (QED) is 0.742. The van der Waals surface area contributed by atoms with Crippen molar-refractivity contribution in [3.8, 4) is 5.75 Å². The highest BCUT2D eigenvalue weighted by atomic mass is 16.3. The summed E-state index contributed by atoms with van der Waals surface area (Å²) in [6, 6.07) is 7.00. The second kappa shape index (κ2) is 4.94. The van der Waals surface area contributed by atoms with Gasteiger partial charge in [-0.05, 0) is 25.5 Å². The van der Waals surface area contributed by atoms with Gasteiger partial charge in [-0.25, -0.2) is 0 Å². The van der Waals surface area contributed by atoms with Gasteiger partial charge in [-0.15, -0.1) is 0 Å². The van der Waals surface area contributed by atoms with E-state index in [0.717, 1.165) is 6.42 Å². The van der Waals surface area contributed by atoms with Crippen LogP contribution in [0.3, 0.4) is 0 Å². The number of aliphatic hydroxyl groups is 1. The Labute approximate surface area is 90.1 Å². The fourth-order valence-electron chi connectivity index (χ4n) is 1.07. The van der Waals surface area contributed by atoms with Gasteiger partial charge in [0.05, 0.1) is 12.1 Å². The van der Waals surface area contributed by atoms with Gasteiger partial charge < -0.3 is 10.2 Å². The number of benzene rings is 1. The molecule has 0 aromatic heterocycles. The van der Waals surface area contributed by atoms with Crippen molar-refractivity contribution in [3.63, 3.8) is 0 Å². The van der Waals surface area contributed by atoms with E-state index in [1.807, 2.05) is 19.9 Å². The first-order valence-electron chi connectivity index (χ1n) is 5.05. The largest absolute Gasteiger partial charge is 0.507 e. The van der Waals surface area contributed by atoms with Crippen LogP contribution in [0.4, 0.5) is 0 Å². The molecule has 1 unspecified atom stereocenters. The Morgan fingerprint density at radius 3 is 2.60 bits per heavy atom. The van der Waals surface area contributed by atoms with E-state index in [-0.39, 0.29) is 12.4 Å². The van der Waals surface area contributed by atoms with E-state index in [0.29, 0.717) is 5.56 Å². The molecule has 15 heavy (non-hydrogen) atoms. The summed E-state index contributed by atoms with van der Waals surface area (Å²) in [6.45, 7) is 3.86. The molecule has 1 rings (SSSR count). The fourth-order valence-corrected chi connectivity index (χ4v) is 1.07. The zero-order valence-corrected chi connectivity index (χ0v) is 9.14. The van der Waals surface area contributed by atoms with Gasteiger partial charge in [0.15, 0.2) is 0 Å². The molecule has 82 valence electrons. The Balaban J connectivity index is 2.86. The maximum atomic E-state index is 9.50. The number of para-hydroxylation sites is 1. The SMILES string of the molecule is CCC(C)(CO)N=Cc1ccccc1O. The Hall–Kier alpha value is -1.35. The molecule has 3 nitrogen and oxygen atoms in total. The molecule has 0 aliphatic rings. The van der Waals surface area contributed by atoms with Gasteiger partial charge in [0.1, 0.15) is 5.75 Å². The zero-order valence-electron chi connectivity index (χ0n) is 9.14. The molecule has 0 heterocycles. The van der Waals surface area contributed by atoms with E-state index in [4.69, 9.17) is 5.11 Å². The molecule has 1 atom stereocenters. The second-order valence-electron chi connectivity index (χ2n) is 3.83. The average Bonchev–Trinajstić information content (AvgIpc) is 2.28.